The smallest absolute Gasteiger partial charge is 0.420 e. The molecule has 0 aliphatic carbocycles. The highest BCUT2D eigenvalue weighted by Gasteiger charge is 2.31. The van der Waals surface area contributed by atoms with Crippen molar-refractivity contribution >= 4 is 45.0 Å². The van der Waals surface area contributed by atoms with Gasteiger partial charge in [-0.1, -0.05) is 23.2 Å². The first-order valence-electron chi connectivity index (χ1n) is 6.76. The van der Waals surface area contributed by atoms with E-state index >= 15 is 0 Å². The van der Waals surface area contributed by atoms with Gasteiger partial charge in [-0.2, -0.15) is 0 Å². The van der Waals surface area contributed by atoms with E-state index in [9.17, 15) is 27.7 Å². The van der Waals surface area contributed by atoms with Gasteiger partial charge in [-0.05, 0) is 18.2 Å². The highest BCUT2D eigenvalue weighted by atomic mass is 35.5. The molecule has 27 heavy (non-hydrogen) atoms. The zero-order valence-corrected chi connectivity index (χ0v) is 15.6. The predicted molar refractivity (Wildman–Crippen MR) is 92.3 cm³/mol. The number of ether oxygens (including phenoxy) is 2. The second kappa shape index (κ2) is 7.94. The lowest BCUT2D eigenvalue weighted by Crippen LogP contribution is -2.30. The fourth-order valence-electron chi connectivity index (χ4n) is 1.84. The summed E-state index contributed by atoms with van der Waals surface area (Å²) in [7, 11) is -3.87. The Bertz CT molecular complexity index is 1030. The number of nitro benzene ring substituents is 1. The number of rotatable bonds is 5. The first-order valence-corrected chi connectivity index (χ1v) is 9.00. The molecule has 1 N–H and O–H groups in total. The van der Waals surface area contributed by atoms with Gasteiger partial charge in [-0.25, -0.2) is 22.3 Å². The van der Waals surface area contributed by atoms with Gasteiger partial charge >= 0.3 is 6.09 Å². The average molecular weight is 439 g/mol. The third kappa shape index (κ3) is 4.76. The first kappa shape index (κ1) is 20.7. The maximum absolute atomic E-state index is 14.2. The highest BCUT2D eigenvalue weighted by molar-refractivity contribution is 7.90. The molecule has 0 saturated carbocycles. The number of halogens is 3. The number of carbonyl (C=O) groups is 1. The van der Waals surface area contributed by atoms with Crippen molar-refractivity contribution in [1.29, 1.82) is 0 Å². The Hall–Kier alpha value is -2.63. The van der Waals surface area contributed by atoms with E-state index in [2.05, 4.69) is 4.74 Å². The van der Waals surface area contributed by atoms with E-state index in [1.165, 1.54) is 22.9 Å². The van der Waals surface area contributed by atoms with Gasteiger partial charge in [0, 0.05) is 11.1 Å². The molecule has 0 aliphatic rings. The van der Waals surface area contributed by atoms with Crippen LogP contribution < -0.4 is 9.46 Å². The number of amides is 1. The lowest BCUT2D eigenvalue weighted by atomic mass is 10.3. The summed E-state index contributed by atoms with van der Waals surface area (Å²) in [5.74, 6) is -2.00. The van der Waals surface area contributed by atoms with E-state index < -0.39 is 43.2 Å². The molecule has 2 aromatic carbocycles. The first-order chi connectivity index (χ1) is 12.5. The number of nitrogens with zero attached hydrogens (tertiary/aromatic N) is 1. The van der Waals surface area contributed by atoms with Gasteiger partial charge in [-0.3, -0.25) is 10.1 Å². The Labute approximate surface area is 161 Å². The van der Waals surface area contributed by atoms with E-state index in [1.54, 1.807) is 0 Å². The van der Waals surface area contributed by atoms with Gasteiger partial charge in [-0.15, -0.1) is 0 Å². The number of nitrogens with one attached hydrogen (secondary N) is 1. The predicted octanol–water partition coefficient (Wildman–Crippen LogP) is 3.88. The number of benzene rings is 2. The van der Waals surface area contributed by atoms with Crippen LogP contribution in [-0.4, -0.2) is 26.5 Å². The molecule has 0 atom stereocenters. The van der Waals surface area contributed by atoms with Crippen molar-refractivity contribution in [3.8, 4) is 11.5 Å². The molecule has 0 bridgehead atoms. The van der Waals surface area contributed by atoms with Gasteiger partial charge in [0.2, 0.25) is 0 Å². The molecule has 2 rings (SSSR count). The van der Waals surface area contributed by atoms with E-state index in [4.69, 9.17) is 27.9 Å². The number of sulfonamides is 1. The third-order valence-corrected chi connectivity index (χ3v) is 4.89. The SMILES string of the molecule is COC(=O)NS(=O)(=O)c1cc(Oc2ccc(Cl)cc2Cl)c(F)cc1[N+](=O)[O-]. The summed E-state index contributed by atoms with van der Waals surface area (Å²) >= 11 is 11.6. The molecule has 0 aromatic heterocycles. The molecule has 0 unspecified atom stereocenters. The maximum atomic E-state index is 14.2. The molecule has 144 valence electrons. The number of carbonyl (C=O) groups excluding carboxylic acids is 1. The molecular weight excluding hydrogens is 430 g/mol. The molecule has 13 heteroatoms. The molecule has 0 saturated heterocycles. The lowest BCUT2D eigenvalue weighted by molar-refractivity contribution is -0.388. The summed E-state index contributed by atoms with van der Waals surface area (Å²) in [5, 5.41) is 11.3. The van der Waals surface area contributed by atoms with Crippen LogP contribution in [0.4, 0.5) is 14.9 Å². The van der Waals surface area contributed by atoms with Gasteiger partial charge in [0.15, 0.2) is 16.5 Å². The minimum absolute atomic E-state index is 0.0163. The zero-order valence-electron chi connectivity index (χ0n) is 13.2. The summed E-state index contributed by atoms with van der Waals surface area (Å²) < 4.78 is 49.4. The van der Waals surface area contributed by atoms with Crippen molar-refractivity contribution in [2.45, 2.75) is 4.90 Å². The molecule has 9 nitrogen and oxygen atoms in total. The van der Waals surface area contributed by atoms with E-state index in [-0.39, 0.29) is 15.8 Å². The second-order valence-corrected chi connectivity index (χ2v) is 7.28. The number of nitro groups is 1. The Balaban J connectivity index is 2.58. The van der Waals surface area contributed by atoms with Crippen LogP contribution in [0.25, 0.3) is 0 Å². The van der Waals surface area contributed by atoms with E-state index in [1.807, 2.05) is 0 Å². The minimum Gasteiger partial charge on any atom is -0.453 e. The zero-order chi connectivity index (χ0) is 20.4. The molecule has 1 amide bonds. The number of hydrogen-bond donors (Lipinski definition) is 1. The molecule has 0 aliphatic heterocycles. The third-order valence-electron chi connectivity index (χ3n) is 3.02. The topological polar surface area (TPSA) is 125 Å². The lowest BCUT2D eigenvalue weighted by Gasteiger charge is -2.11. The van der Waals surface area contributed by atoms with Crippen molar-refractivity contribution < 1.29 is 32.0 Å². The van der Waals surface area contributed by atoms with Crippen LogP contribution in [-0.2, 0) is 14.8 Å². The largest absolute Gasteiger partial charge is 0.453 e. The highest BCUT2D eigenvalue weighted by Crippen LogP contribution is 2.36. The van der Waals surface area contributed by atoms with Crippen LogP contribution in [0.2, 0.25) is 10.0 Å². The Kier molecular flexibility index (Phi) is 6.08. The molecule has 0 fully saturated rings. The summed E-state index contributed by atoms with van der Waals surface area (Å²) in [5.41, 5.74) is -1.11. The van der Waals surface area contributed by atoms with Crippen molar-refractivity contribution in [2.75, 3.05) is 7.11 Å². The maximum Gasteiger partial charge on any atom is 0.420 e. The Morgan fingerprint density at radius 2 is 1.89 bits per heavy atom. The standard InChI is InChI=1S/C14H9Cl2FN2O7S/c1-25-14(20)18-27(23,24)13-6-12(9(17)5-10(13)19(21)22)26-11-3-2-7(15)4-8(11)16/h2-6H,1H3,(H,18,20). The van der Waals surface area contributed by atoms with Crippen molar-refractivity contribution in [2.24, 2.45) is 0 Å². The summed E-state index contributed by atoms with van der Waals surface area (Å²) in [6.07, 6.45) is -1.39. The van der Waals surface area contributed by atoms with Crippen molar-refractivity contribution in [3.63, 3.8) is 0 Å². The van der Waals surface area contributed by atoms with Crippen molar-refractivity contribution in [3.05, 3.63) is 56.3 Å². The molecule has 2 aromatic rings. The number of methoxy groups -OCH3 is 1. The fraction of sp³-hybridized carbons (Fsp3) is 0.0714. The van der Waals surface area contributed by atoms with Crippen LogP contribution in [0, 0.1) is 15.9 Å². The van der Waals surface area contributed by atoms with Gasteiger partial charge in [0.05, 0.1) is 23.1 Å². The van der Waals surface area contributed by atoms with Crippen LogP contribution in [0.1, 0.15) is 0 Å². The number of hydrogen-bond acceptors (Lipinski definition) is 7. The molecule has 0 spiro atoms. The van der Waals surface area contributed by atoms with Crippen LogP contribution in [0.3, 0.4) is 0 Å². The van der Waals surface area contributed by atoms with E-state index in [0.29, 0.717) is 12.1 Å². The fourth-order valence-corrected chi connectivity index (χ4v) is 3.37. The minimum atomic E-state index is -4.76. The van der Waals surface area contributed by atoms with Crippen LogP contribution >= 0.6 is 23.2 Å². The van der Waals surface area contributed by atoms with Crippen LogP contribution in [0.5, 0.6) is 11.5 Å². The average Bonchev–Trinajstić information content (AvgIpc) is 2.57. The quantitative estimate of drug-likeness (QED) is 0.554. The normalized spacial score (nSPS) is 11.0. The van der Waals surface area contributed by atoms with Gasteiger partial charge in [0.25, 0.3) is 15.7 Å². The summed E-state index contributed by atoms with van der Waals surface area (Å²) in [6, 6.07) is 4.84. The molecular formula is C14H9Cl2FN2O7S. The Morgan fingerprint density at radius 1 is 1.22 bits per heavy atom. The second-order valence-electron chi connectivity index (χ2n) is 4.78. The Morgan fingerprint density at radius 3 is 2.44 bits per heavy atom. The summed E-state index contributed by atoms with van der Waals surface area (Å²) in [6.45, 7) is 0. The monoisotopic (exact) mass is 438 g/mol. The van der Waals surface area contributed by atoms with Gasteiger partial charge < -0.3 is 9.47 Å². The van der Waals surface area contributed by atoms with Crippen LogP contribution in [0.15, 0.2) is 35.2 Å². The molecule has 0 heterocycles. The van der Waals surface area contributed by atoms with Crippen molar-refractivity contribution in [1.82, 2.24) is 4.72 Å². The summed E-state index contributed by atoms with van der Waals surface area (Å²) in [4.78, 5) is 20.1. The van der Waals surface area contributed by atoms with E-state index in [0.717, 1.165) is 7.11 Å². The van der Waals surface area contributed by atoms with Gasteiger partial charge in [0.1, 0.15) is 5.75 Å². The molecule has 0 radical (unpaired) electrons.